The van der Waals surface area contributed by atoms with Gasteiger partial charge in [-0.05, 0) is 18.9 Å². The van der Waals surface area contributed by atoms with Gasteiger partial charge in [-0.25, -0.2) is 14.8 Å². The standard InChI is InChI=1S/C10H14N4O2/c15-10(16)14-6-2-8(3-7-14)13-9-11-4-1-5-12-9/h1,4-5,8H,2-3,6-7H2,(H,15,16)(H,11,12,13). The number of likely N-dealkylation sites (tertiary alicyclic amines) is 1. The zero-order chi connectivity index (χ0) is 11.4. The van der Waals surface area contributed by atoms with E-state index in [1.807, 2.05) is 0 Å². The van der Waals surface area contributed by atoms with Crippen molar-refractivity contribution in [3.05, 3.63) is 18.5 Å². The maximum atomic E-state index is 10.7. The lowest BCUT2D eigenvalue weighted by Gasteiger charge is -2.30. The van der Waals surface area contributed by atoms with Crippen molar-refractivity contribution < 1.29 is 9.90 Å². The van der Waals surface area contributed by atoms with Gasteiger partial charge in [-0.1, -0.05) is 0 Å². The molecule has 1 amide bonds. The lowest BCUT2D eigenvalue weighted by Crippen LogP contribution is -2.41. The average molecular weight is 222 g/mol. The molecule has 16 heavy (non-hydrogen) atoms. The fourth-order valence-corrected chi connectivity index (χ4v) is 1.77. The van der Waals surface area contributed by atoms with Crippen molar-refractivity contribution >= 4 is 12.0 Å². The number of nitrogens with zero attached hydrogens (tertiary/aromatic N) is 3. The number of hydrogen-bond donors (Lipinski definition) is 2. The minimum atomic E-state index is -0.839. The summed E-state index contributed by atoms with van der Waals surface area (Å²) in [5.74, 6) is 0.608. The molecular weight excluding hydrogens is 208 g/mol. The molecule has 1 aromatic heterocycles. The van der Waals surface area contributed by atoms with E-state index < -0.39 is 6.09 Å². The third kappa shape index (κ3) is 2.59. The topological polar surface area (TPSA) is 78.4 Å². The quantitative estimate of drug-likeness (QED) is 0.781. The summed E-state index contributed by atoms with van der Waals surface area (Å²) in [6.07, 6.45) is 4.12. The summed E-state index contributed by atoms with van der Waals surface area (Å²) in [5, 5.41) is 12.0. The number of amides is 1. The number of hydrogen-bond acceptors (Lipinski definition) is 4. The normalized spacial score (nSPS) is 17.1. The van der Waals surface area contributed by atoms with E-state index in [0.29, 0.717) is 19.0 Å². The van der Waals surface area contributed by atoms with Crippen LogP contribution < -0.4 is 5.32 Å². The van der Waals surface area contributed by atoms with Crippen LogP contribution in [0.1, 0.15) is 12.8 Å². The summed E-state index contributed by atoms with van der Waals surface area (Å²) in [7, 11) is 0. The Labute approximate surface area is 93.3 Å². The first-order valence-corrected chi connectivity index (χ1v) is 5.27. The highest BCUT2D eigenvalue weighted by Crippen LogP contribution is 2.13. The van der Waals surface area contributed by atoms with Gasteiger partial charge in [0.1, 0.15) is 0 Å². The lowest BCUT2D eigenvalue weighted by molar-refractivity contribution is 0.133. The molecule has 6 nitrogen and oxygen atoms in total. The monoisotopic (exact) mass is 222 g/mol. The zero-order valence-electron chi connectivity index (χ0n) is 8.83. The van der Waals surface area contributed by atoms with Gasteiger partial charge in [0, 0.05) is 31.5 Å². The molecule has 1 aliphatic heterocycles. The van der Waals surface area contributed by atoms with E-state index in [0.717, 1.165) is 12.8 Å². The van der Waals surface area contributed by atoms with Gasteiger partial charge in [0.05, 0.1) is 0 Å². The number of piperidine rings is 1. The molecule has 0 radical (unpaired) electrons. The van der Waals surface area contributed by atoms with Gasteiger partial charge in [-0.3, -0.25) is 0 Å². The Morgan fingerprint density at radius 3 is 2.56 bits per heavy atom. The molecule has 1 fully saturated rings. The maximum Gasteiger partial charge on any atom is 0.407 e. The molecule has 2 rings (SSSR count). The Kier molecular flexibility index (Phi) is 3.19. The van der Waals surface area contributed by atoms with E-state index >= 15 is 0 Å². The second-order valence-electron chi connectivity index (χ2n) is 3.76. The highest BCUT2D eigenvalue weighted by molar-refractivity contribution is 5.65. The molecule has 0 spiro atoms. The molecule has 1 saturated heterocycles. The van der Waals surface area contributed by atoms with Gasteiger partial charge in [-0.2, -0.15) is 0 Å². The van der Waals surface area contributed by atoms with Crippen molar-refractivity contribution in [3.8, 4) is 0 Å². The fraction of sp³-hybridized carbons (Fsp3) is 0.500. The first-order valence-electron chi connectivity index (χ1n) is 5.27. The first-order chi connectivity index (χ1) is 7.75. The molecule has 1 aromatic rings. The zero-order valence-corrected chi connectivity index (χ0v) is 8.83. The summed E-state index contributed by atoms with van der Waals surface area (Å²) in [6, 6.07) is 2.02. The Morgan fingerprint density at radius 1 is 1.38 bits per heavy atom. The van der Waals surface area contributed by atoms with Crippen LogP contribution in [0.5, 0.6) is 0 Å². The number of rotatable bonds is 2. The second-order valence-corrected chi connectivity index (χ2v) is 3.76. The summed E-state index contributed by atoms with van der Waals surface area (Å²) >= 11 is 0. The third-order valence-corrected chi connectivity index (χ3v) is 2.66. The molecule has 0 saturated carbocycles. The van der Waals surface area contributed by atoms with Crippen LogP contribution in [-0.4, -0.2) is 45.2 Å². The van der Waals surface area contributed by atoms with Crippen molar-refractivity contribution in [1.82, 2.24) is 14.9 Å². The van der Waals surface area contributed by atoms with Crippen LogP contribution in [-0.2, 0) is 0 Å². The predicted octanol–water partition coefficient (Wildman–Crippen LogP) is 1.03. The predicted molar refractivity (Wildman–Crippen MR) is 58.3 cm³/mol. The van der Waals surface area contributed by atoms with Crippen LogP contribution in [0, 0.1) is 0 Å². The minimum absolute atomic E-state index is 0.262. The van der Waals surface area contributed by atoms with Crippen LogP contribution in [0.2, 0.25) is 0 Å². The van der Waals surface area contributed by atoms with Crippen molar-refractivity contribution in [2.45, 2.75) is 18.9 Å². The van der Waals surface area contributed by atoms with Gasteiger partial charge < -0.3 is 15.3 Å². The average Bonchev–Trinajstić information content (AvgIpc) is 2.31. The van der Waals surface area contributed by atoms with Crippen molar-refractivity contribution in [1.29, 1.82) is 0 Å². The Bertz CT molecular complexity index is 349. The van der Waals surface area contributed by atoms with Crippen molar-refractivity contribution in [2.75, 3.05) is 18.4 Å². The lowest BCUT2D eigenvalue weighted by atomic mass is 10.1. The molecule has 6 heteroatoms. The van der Waals surface area contributed by atoms with Crippen LogP contribution in [0.3, 0.4) is 0 Å². The fourth-order valence-electron chi connectivity index (χ4n) is 1.77. The largest absolute Gasteiger partial charge is 0.465 e. The number of nitrogens with one attached hydrogen (secondary N) is 1. The molecule has 0 aromatic carbocycles. The molecule has 2 heterocycles. The van der Waals surface area contributed by atoms with E-state index in [1.165, 1.54) is 4.90 Å². The van der Waals surface area contributed by atoms with Crippen LogP contribution >= 0.6 is 0 Å². The van der Waals surface area contributed by atoms with Gasteiger partial charge >= 0.3 is 6.09 Å². The van der Waals surface area contributed by atoms with E-state index in [9.17, 15) is 4.79 Å². The summed E-state index contributed by atoms with van der Waals surface area (Å²) in [6.45, 7) is 1.14. The SMILES string of the molecule is O=C(O)N1CCC(Nc2ncccn2)CC1. The number of carboxylic acid groups (broad SMARTS) is 1. The van der Waals surface area contributed by atoms with E-state index in [2.05, 4.69) is 15.3 Å². The smallest absolute Gasteiger partial charge is 0.407 e. The highest BCUT2D eigenvalue weighted by Gasteiger charge is 2.22. The van der Waals surface area contributed by atoms with Crippen LogP contribution in [0.15, 0.2) is 18.5 Å². The van der Waals surface area contributed by atoms with Crippen molar-refractivity contribution in [3.63, 3.8) is 0 Å². The van der Waals surface area contributed by atoms with Crippen LogP contribution in [0.25, 0.3) is 0 Å². The molecule has 1 aliphatic rings. The number of aromatic nitrogens is 2. The van der Waals surface area contributed by atoms with Crippen molar-refractivity contribution in [2.24, 2.45) is 0 Å². The summed E-state index contributed by atoms with van der Waals surface area (Å²) in [5.41, 5.74) is 0. The molecular formula is C10H14N4O2. The molecule has 86 valence electrons. The van der Waals surface area contributed by atoms with Crippen LogP contribution in [0.4, 0.5) is 10.7 Å². The summed E-state index contributed by atoms with van der Waals surface area (Å²) < 4.78 is 0. The molecule has 0 atom stereocenters. The Balaban J connectivity index is 1.84. The van der Waals surface area contributed by atoms with Gasteiger partial charge in [0.15, 0.2) is 0 Å². The van der Waals surface area contributed by atoms with E-state index in [4.69, 9.17) is 5.11 Å². The van der Waals surface area contributed by atoms with Gasteiger partial charge in [-0.15, -0.1) is 0 Å². The highest BCUT2D eigenvalue weighted by atomic mass is 16.4. The maximum absolute atomic E-state index is 10.7. The number of anilines is 1. The third-order valence-electron chi connectivity index (χ3n) is 2.66. The second kappa shape index (κ2) is 4.78. The van der Waals surface area contributed by atoms with E-state index in [1.54, 1.807) is 18.5 Å². The molecule has 0 bridgehead atoms. The molecule has 0 aliphatic carbocycles. The first kappa shape index (κ1) is 10.7. The molecule has 0 unspecified atom stereocenters. The van der Waals surface area contributed by atoms with Gasteiger partial charge in [0.25, 0.3) is 0 Å². The Morgan fingerprint density at radius 2 is 2.00 bits per heavy atom. The van der Waals surface area contributed by atoms with Gasteiger partial charge in [0.2, 0.25) is 5.95 Å². The number of carbonyl (C=O) groups is 1. The van der Waals surface area contributed by atoms with E-state index in [-0.39, 0.29) is 6.04 Å². The minimum Gasteiger partial charge on any atom is -0.465 e. The Hall–Kier alpha value is -1.85. The molecule has 2 N–H and O–H groups in total. The summed E-state index contributed by atoms with van der Waals surface area (Å²) in [4.78, 5) is 20.3.